The average Bonchev–Trinajstić information content (AvgIpc) is 2.63. The molecule has 3 rings (SSSR count). The molecule has 33 heavy (non-hydrogen) atoms. The van der Waals surface area contributed by atoms with Gasteiger partial charge in [0.1, 0.15) is 11.5 Å². The average molecular weight is 473 g/mol. The summed E-state index contributed by atoms with van der Waals surface area (Å²) in [5.74, 6) is 0.873. The van der Waals surface area contributed by atoms with Crippen LogP contribution in [-0.4, -0.2) is 4.89 Å². The molecular formula is C28H41O4P. The molecule has 2 aromatic rings. The number of hydrogen-bond acceptors (Lipinski definition) is 3. The van der Waals surface area contributed by atoms with Gasteiger partial charge in [-0.15, -0.1) is 0 Å². The Morgan fingerprint density at radius 2 is 1.24 bits per heavy atom. The molecule has 2 atom stereocenters. The molecule has 0 bridgehead atoms. The highest BCUT2D eigenvalue weighted by Crippen LogP contribution is 2.56. The summed E-state index contributed by atoms with van der Waals surface area (Å²) in [6.45, 7) is 23.6. The lowest BCUT2D eigenvalue weighted by atomic mass is 9.76. The number of fused-ring (bicyclic) bond motifs is 2. The van der Waals surface area contributed by atoms with Gasteiger partial charge < -0.3 is 9.05 Å². The van der Waals surface area contributed by atoms with Gasteiger partial charge in [-0.25, -0.2) is 4.57 Å². The second-order valence-electron chi connectivity index (χ2n) is 12.5. The third-order valence-electron chi connectivity index (χ3n) is 6.58. The molecule has 5 heteroatoms. The lowest BCUT2D eigenvalue weighted by molar-refractivity contribution is 0.281. The fraction of sp³-hybridized carbons (Fsp3) is 0.571. The normalized spacial score (nSPS) is 21.3. The topological polar surface area (TPSA) is 55.8 Å². The van der Waals surface area contributed by atoms with Gasteiger partial charge >= 0.3 is 7.82 Å². The van der Waals surface area contributed by atoms with E-state index in [2.05, 4.69) is 93.5 Å². The number of phosphoric ester groups is 1. The highest BCUT2D eigenvalue weighted by atomic mass is 31.2. The Hall–Kier alpha value is -1.77. The molecule has 0 spiro atoms. The fourth-order valence-electron chi connectivity index (χ4n) is 4.32. The minimum atomic E-state index is -4.40. The molecule has 1 heterocycles. The maximum atomic E-state index is 13.3. The summed E-state index contributed by atoms with van der Waals surface area (Å²) in [5, 5.41) is 0. The lowest BCUT2D eigenvalue weighted by Crippen LogP contribution is -2.22. The molecule has 182 valence electrons. The van der Waals surface area contributed by atoms with E-state index in [1.807, 2.05) is 6.92 Å². The van der Waals surface area contributed by atoms with Crippen molar-refractivity contribution in [3.05, 3.63) is 57.6 Å². The molecule has 0 amide bonds. The van der Waals surface area contributed by atoms with E-state index in [9.17, 15) is 9.46 Å². The van der Waals surface area contributed by atoms with Gasteiger partial charge in [0.25, 0.3) is 0 Å². The molecule has 0 saturated carbocycles. The number of aryl methyl sites for hydroxylation is 1. The van der Waals surface area contributed by atoms with E-state index in [4.69, 9.17) is 9.05 Å². The standard InChI is InChI=1S/C28H41O4P/c1-12-18-13-19(26(3,4)5)14-21-17(2)22-15-20(27(6,7)8)16-23(28(9,10)11)25(22)32-33(29,30)31-24(18)21/h13-17H,12H2,1-11H3,(H,29,30). The molecule has 0 aliphatic carbocycles. The van der Waals surface area contributed by atoms with Gasteiger partial charge in [-0.2, -0.15) is 0 Å². The molecule has 0 fully saturated rings. The van der Waals surface area contributed by atoms with Crippen LogP contribution in [0.1, 0.15) is 115 Å². The van der Waals surface area contributed by atoms with Gasteiger partial charge in [-0.05, 0) is 39.4 Å². The molecule has 2 aromatic carbocycles. The van der Waals surface area contributed by atoms with Crippen LogP contribution in [0.5, 0.6) is 11.5 Å². The first-order chi connectivity index (χ1) is 14.8. The third kappa shape index (κ3) is 5.17. The first kappa shape index (κ1) is 25.8. The summed E-state index contributed by atoms with van der Waals surface area (Å²) < 4.78 is 24.9. The smallest absolute Gasteiger partial charge is 0.395 e. The SMILES string of the molecule is CCc1cc(C(C)(C)C)cc2c1OP(=O)(O)Oc1c(cc(C(C)(C)C)cc1C(C)(C)C)C2C. The zero-order chi connectivity index (χ0) is 25.1. The lowest BCUT2D eigenvalue weighted by Gasteiger charge is -2.34. The largest absolute Gasteiger partial charge is 0.584 e. The van der Waals surface area contributed by atoms with Crippen molar-refractivity contribution in [2.45, 2.75) is 105 Å². The predicted molar refractivity (Wildman–Crippen MR) is 137 cm³/mol. The van der Waals surface area contributed by atoms with Crippen LogP contribution >= 0.6 is 7.82 Å². The van der Waals surface area contributed by atoms with Crippen molar-refractivity contribution in [3.63, 3.8) is 0 Å². The van der Waals surface area contributed by atoms with Crippen molar-refractivity contribution >= 4 is 7.82 Å². The Kier molecular flexibility index (Phi) is 6.40. The van der Waals surface area contributed by atoms with Crippen molar-refractivity contribution in [1.82, 2.24) is 0 Å². The molecule has 0 radical (unpaired) electrons. The Balaban J connectivity index is 2.45. The molecule has 1 aliphatic heterocycles. The highest BCUT2D eigenvalue weighted by molar-refractivity contribution is 7.48. The summed E-state index contributed by atoms with van der Waals surface area (Å²) >= 11 is 0. The van der Waals surface area contributed by atoms with Crippen molar-refractivity contribution in [3.8, 4) is 11.5 Å². The van der Waals surface area contributed by atoms with Crippen molar-refractivity contribution in [1.29, 1.82) is 0 Å². The van der Waals surface area contributed by atoms with E-state index in [-0.39, 0.29) is 22.2 Å². The van der Waals surface area contributed by atoms with Gasteiger partial charge in [-0.3, -0.25) is 4.89 Å². The van der Waals surface area contributed by atoms with E-state index in [0.717, 1.165) is 22.3 Å². The van der Waals surface area contributed by atoms with Gasteiger partial charge in [0.15, 0.2) is 0 Å². The second-order valence-corrected chi connectivity index (χ2v) is 13.8. The van der Waals surface area contributed by atoms with Crippen molar-refractivity contribution in [2.24, 2.45) is 0 Å². The van der Waals surface area contributed by atoms with Crippen molar-refractivity contribution < 1.29 is 18.5 Å². The van der Waals surface area contributed by atoms with Gasteiger partial charge in [0.2, 0.25) is 0 Å². The van der Waals surface area contributed by atoms with Crippen LogP contribution in [-0.2, 0) is 27.2 Å². The Morgan fingerprint density at radius 1 is 0.788 bits per heavy atom. The number of benzene rings is 2. The minimum absolute atomic E-state index is 0.0624. The first-order valence-electron chi connectivity index (χ1n) is 11.9. The maximum Gasteiger partial charge on any atom is 0.584 e. The molecular weight excluding hydrogens is 431 g/mol. The molecule has 0 saturated heterocycles. The van der Waals surface area contributed by atoms with Gasteiger partial charge in [0.05, 0.1) is 0 Å². The number of rotatable bonds is 1. The Labute approximate surface area is 200 Å². The second kappa shape index (κ2) is 8.17. The van der Waals surface area contributed by atoms with Crippen LogP contribution in [0.3, 0.4) is 0 Å². The number of hydrogen-bond donors (Lipinski definition) is 1. The monoisotopic (exact) mass is 472 g/mol. The molecule has 1 aliphatic rings. The Morgan fingerprint density at radius 3 is 1.70 bits per heavy atom. The van der Waals surface area contributed by atoms with E-state index in [1.54, 1.807) is 0 Å². The first-order valence-corrected chi connectivity index (χ1v) is 13.4. The summed E-state index contributed by atoms with van der Waals surface area (Å²) in [4.78, 5) is 10.8. The fourth-order valence-corrected chi connectivity index (χ4v) is 5.25. The molecule has 1 N–H and O–H groups in total. The van der Waals surface area contributed by atoms with Crippen LogP contribution in [0.2, 0.25) is 0 Å². The van der Waals surface area contributed by atoms with E-state index >= 15 is 0 Å². The van der Waals surface area contributed by atoms with E-state index in [1.165, 1.54) is 11.1 Å². The zero-order valence-corrected chi connectivity index (χ0v) is 23.1. The Bertz CT molecular complexity index is 1110. The van der Waals surface area contributed by atoms with Crippen LogP contribution in [0.25, 0.3) is 0 Å². The zero-order valence-electron chi connectivity index (χ0n) is 22.2. The summed E-state index contributed by atoms with van der Waals surface area (Å²) in [7, 11) is -4.40. The molecule has 2 unspecified atom stereocenters. The van der Waals surface area contributed by atoms with Crippen LogP contribution < -0.4 is 9.05 Å². The summed E-state index contributed by atoms with van der Waals surface area (Å²) in [6, 6.07) is 8.52. The quantitative estimate of drug-likeness (QED) is 0.425. The van der Waals surface area contributed by atoms with Crippen LogP contribution in [0.4, 0.5) is 0 Å². The van der Waals surface area contributed by atoms with Gasteiger partial charge in [-0.1, -0.05) is 100 Å². The highest BCUT2D eigenvalue weighted by Gasteiger charge is 2.38. The van der Waals surface area contributed by atoms with Crippen LogP contribution in [0.15, 0.2) is 24.3 Å². The van der Waals surface area contributed by atoms with E-state index in [0.29, 0.717) is 17.9 Å². The van der Waals surface area contributed by atoms with Crippen molar-refractivity contribution in [2.75, 3.05) is 0 Å². The summed E-state index contributed by atoms with van der Waals surface area (Å²) in [6.07, 6.45) is 0.696. The summed E-state index contributed by atoms with van der Waals surface area (Å²) in [5.41, 5.74) is 5.65. The number of phosphoric acid groups is 1. The molecule has 4 nitrogen and oxygen atoms in total. The van der Waals surface area contributed by atoms with Crippen LogP contribution in [0, 0.1) is 0 Å². The predicted octanol–water partition coefficient (Wildman–Crippen LogP) is 8.16. The van der Waals surface area contributed by atoms with E-state index < -0.39 is 7.82 Å². The molecule has 0 aromatic heterocycles. The maximum absolute atomic E-state index is 13.3. The minimum Gasteiger partial charge on any atom is -0.395 e. The van der Waals surface area contributed by atoms with Gasteiger partial charge in [0, 0.05) is 22.6 Å². The third-order valence-corrected chi connectivity index (χ3v) is 7.41.